The Hall–Kier alpha value is -1.06. The van der Waals surface area contributed by atoms with Crippen LogP contribution in [0.5, 0.6) is 5.75 Å². The summed E-state index contributed by atoms with van der Waals surface area (Å²) in [6.07, 6.45) is -0.395. The molecule has 66 valence electrons. The third-order valence-electron chi connectivity index (χ3n) is 1.31. The molecule has 0 radical (unpaired) electrons. The van der Waals surface area contributed by atoms with E-state index in [0.29, 0.717) is 6.54 Å². The van der Waals surface area contributed by atoms with Crippen LogP contribution in [0.3, 0.4) is 0 Å². The number of hydroxylamine groups is 1. The highest BCUT2D eigenvalue weighted by Gasteiger charge is 1.94. The lowest BCUT2D eigenvalue weighted by Crippen LogP contribution is -2.27. The lowest BCUT2D eigenvalue weighted by Gasteiger charge is -2.07. The lowest BCUT2D eigenvalue weighted by atomic mass is 10.3. The minimum Gasteiger partial charge on any atom is -0.409 e. The fraction of sp³-hybridized carbons (Fsp3) is 0.333. The summed E-state index contributed by atoms with van der Waals surface area (Å²) in [5, 5.41) is 8.89. The van der Waals surface area contributed by atoms with E-state index in [2.05, 4.69) is 5.48 Å². The van der Waals surface area contributed by atoms with Gasteiger partial charge in [0.25, 0.3) is 0 Å². The zero-order valence-electron chi connectivity index (χ0n) is 7.03. The van der Waals surface area contributed by atoms with Gasteiger partial charge in [-0.3, -0.25) is 0 Å². The van der Waals surface area contributed by atoms with Crippen molar-refractivity contribution in [1.82, 2.24) is 5.48 Å². The van der Waals surface area contributed by atoms with Gasteiger partial charge in [0.05, 0.1) is 12.6 Å². The minimum atomic E-state index is -0.395. The van der Waals surface area contributed by atoms with Gasteiger partial charge in [-0.05, 0) is 19.1 Å². The van der Waals surface area contributed by atoms with Crippen LogP contribution >= 0.6 is 0 Å². The molecule has 0 amide bonds. The largest absolute Gasteiger partial charge is 0.409 e. The molecule has 0 saturated carbocycles. The normalized spacial score (nSPS) is 12.5. The maximum absolute atomic E-state index is 8.89. The smallest absolute Gasteiger partial charge is 0.147 e. The molecule has 0 heterocycles. The van der Waals surface area contributed by atoms with Crippen LogP contribution < -0.4 is 10.3 Å². The van der Waals surface area contributed by atoms with Gasteiger partial charge in [-0.25, -0.2) is 0 Å². The van der Waals surface area contributed by atoms with Crippen LogP contribution in [0.15, 0.2) is 30.3 Å². The van der Waals surface area contributed by atoms with Crippen molar-refractivity contribution in [3.05, 3.63) is 30.3 Å². The van der Waals surface area contributed by atoms with E-state index in [1.54, 1.807) is 6.92 Å². The van der Waals surface area contributed by atoms with Gasteiger partial charge in [0.2, 0.25) is 0 Å². The first-order chi connectivity index (χ1) is 5.79. The Labute approximate surface area is 71.9 Å². The van der Waals surface area contributed by atoms with Crippen LogP contribution in [0.2, 0.25) is 0 Å². The van der Waals surface area contributed by atoms with Crippen molar-refractivity contribution in [2.75, 3.05) is 6.54 Å². The molecular formula is C9H13NO2. The second kappa shape index (κ2) is 4.74. The Morgan fingerprint density at radius 3 is 2.67 bits per heavy atom. The average Bonchev–Trinajstić information content (AvgIpc) is 2.05. The molecule has 3 nitrogen and oxygen atoms in total. The molecule has 0 aromatic heterocycles. The van der Waals surface area contributed by atoms with Crippen LogP contribution in [0, 0.1) is 0 Å². The summed E-state index contributed by atoms with van der Waals surface area (Å²) in [6, 6.07) is 9.38. The summed E-state index contributed by atoms with van der Waals surface area (Å²) >= 11 is 0. The number of hydrogen-bond acceptors (Lipinski definition) is 3. The fourth-order valence-electron chi connectivity index (χ4n) is 0.734. The van der Waals surface area contributed by atoms with E-state index >= 15 is 0 Å². The molecule has 2 N–H and O–H groups in total. The van der Waals surface area contributed by atoms with E-state index < -0.39 is 6.10 Å². The van der Waals surface area contributed by atoms with Gasteiger partial charge >= 0.3 is 0 Å². The summed E-state index contributed by atoms with van der Waals surface area (Å²) in [6.45, 7) is 2.12. The molecule has 1 aromatic carbocycles. The molecule has 0 fully saturated rings. The molecule has 0 aliphatic rings. The number of nitrogens with one attached hydrogen (secondary N) is 1. The molecular weight excluding hydrogens is 154 g/mol. The molecule has 0 spiro atoms. The van der Waals surface area contributed by atoms with Crippen molar-refractivity contribution in [2.24, 2.45) is 0 Å². The van der Waals surface area contributed by atoms with Crippen LogP contribution in [-0.2, 0) is 0 Å². The van der Waals surface area contributed by atoms with Crippen molar-refractivity contribution in [3.63, 3.8) is 0 Å². The van der Waals surface area contributed by atoms with E-state index in [-0.39, 0.29) is 0 Å². The Morgan fingerprint density at radius 1 is 1.42 bits per heavy atom. The molecule has 1 atom stereocenters. The Kier molecular flexibility index (Phi) is 3.57. The van der Waals surface area contributed by atoms with Gasteiger partial charge < -0.3 is 9.94 Å². The quantitative estimate of drug-likeness (QED) is 0.656. The lowest BCUT2D eigenvalue weighted by molar-refractivity contribution is 0.119. The van der Waals surface area contributed by atoms with Crippen LogP contribution in [0.25, 0.3) is 0 Å². The van der Waals surface area contributed by atoms with Crippen molar-refractivity contribution in [2.45, 2.75) is 13.0 Å². The van der Waals surface area contributed by atoms with Gasteiger partial charge in [0.1, 0.15) is 5.75 Å². The summed E-state index contributed by atoms with van der Waals surface area (Å²) in [7, 11) is 0. The molecule has 1 aromatic rings. The maximum atomic E-state index is 8.89. The van der Waals surface area contributed by atoms with Crippen molar-refractivity contribution in [3.8, 4) is 5.75 Å². The van der Waals surface area contributed by atoms with E-state index in [9.17, 15) is 0 Å². The van der Waals surface area contributed by atoms with E-state index in [4.69, 9.17) is 9.94 Å². The topological polar surface area (TPSA) is 41.5 Å². The number of aliphatic hydroxyl groups is 1. The first-order valence-electron chi connectivity index (χ1n) is 3.92. The SMILES string of the molecule is CC(O)CNOc1ccccc1. The summed E-state index contributed by atoms with van der Waals surface area (Å²) in [4.78, 5) is 5.11. The Morgan fingerprint density at radius 2 is 2.08 bits per heavy atom. The van der Waals surface area contributed by atoms with Crippen molar-refractivity contribution >= 4 is 0 Å². The third-order valence-corrected chi connectivity index (χ3v) is 1.31. The zero-order chi connectivity index (χ0) is 8.81. The van der Waals surface area contributed by atoms with Crippen LogP contribution in [0.4, 0.5) is 0 Å². The van der Waals surface area contributed by atoms with Crippen molar-refractivity contribution < 1.29 is 9.94 Å². The Balaban J connectivity index is 2.25. The second-order valence-electron chi connectivity index (χ2n) is 2.61. The average molecular weight is 167 g/mol. The first kappa shape index (κ1) is 9.03. The highest BCUT2D eigenvalue weighted by atomic mass is 16.6. The molecule has 1 rings (SSSR count). The fourth-order valence-corrected chi connectivity index (χ4v) is 0.734. The summed E-state index contributed by atoms with van der Waals surface area (Å²) in [5.41, 5.74) is 2.65. The molecule has 0 bridgehead atoms. The van der Waals surface area contributed by atoms with E-state index in [1.165, 1.54) is 0 Å². The first-order valence-corrected chi connectivity index (χ1v) is 3.92. The van der Waals surface area contributed by atoms with Crippen LogP contribution in [-0.4, -0.2) is 17.8 Å². The predicted molar refractivity (Wildman–Crippen MR) is 46.8 cm³/mol. The zero-order valence-corrected chi connectivity index (χ0v) is 7.03. The monoisotopic (exact) mass is 167 g/mol. The summed E-state index contributed by atoms with van der Waals surface area (Å²) < 4.78 is 0. The number of aliphatic hydroxyl groups excluding tert-OH is 1. The van der Waals surface area contributed by atoms with E-state index in [0.717, 1.165) is 5.75 Å². The van der Waals surface area contributed by atoms with Gasteiger partial charge in [0, 0.05) is 0 Å². The Bertz CT molecular complexity index is 211. The number of hydrogen-bond donors (Lipinski definition) is 2. The highest BCUT2D eigenvalue weighted by Crippen LogP contribution is 2.05. The maximum Gasteiger partial charge on any atom is 0.147 e. The molecule has 0 aliphatic heterocycles. The number of para-hydroxylation sites is 1. The second-order valence-corrected chi connectivity index (χ2v) is 2.61. The van der Waals surface area contributed by atoms with Gasteiger partial charge in [-0.15, -0.1) is 0 Å². The molecule has 12 heavy (non-hydrogen) atoms. The van der Waals surface area contributed by atoms with Gasteiger partial charge in [-0.2, -0.15) is 5.48 Å². The van der Waals surface area contributed by atoms with Gasteiger partial charge in [-0.1, -0.05) is 18.2 Å². The molecule has 0 saturated heterocycles. The predicted octanol–water partition coefficient (Wildman–Crippen LogP) is 0.951. The number of rotatable bonds is 4. The molecule has 1 unspecified atom stereocenters. The summed E-state index contributed by atoms with van der Waals surface area (Å²) in [5.74, 6) is 0.748. The highest BCUT2D eigenvalue weighted by molar-refractivity contribution is 5.20. The third kappa shape index (κ3) is 3.37. The van der Waals surface area contributed by atoms with Crippen LogP contribution in [0.1, 0.15) is 6.92 Å². The number of benzene rings is 1. The van der Waals surface area contributed by atoms with E-state index in [1.807, 2.05) is 30.3 Å². The van der Waals surface area contributed by atoms with Crippen molar-refractivity contribution in [1.29, 1.82) is 0 Å². The standard InChI is InChI=1S/C9H13NO2/c1-8(11)7-10-12-9-5-3-2-4-6-9/h2-6,8,10-11H,7H2,1H3. The molecule has 3 heteroatoms. The van der Waals surface area contributed by atoms with Gasteiger partial charge in [0.15, 0.2) is 0 Å². The minimum absolute atomic E-state index is 0.395. The molecule has 0 aliphatic carbocycles.